The minimum Gasteiger partial charge on any atom is -0.348 e. The standard InChI is InChI=1S/C14H19NS/c1-11-12(7-5-6-10-16)13-8-3-4-9-14(13)15(11)2/h3-4,8-9,16H,5-7,10H2,1-2H3. The summed E-state index contributed by atoms with van der Waals surface area (Å²) >= 11 is 4.27. The third-order valence-electron chi connectivity index (χ3n) is 3.37. The summed E-state index contributed by atoms with van der Waals surface area (Å²) < 4.78 is 2.30. The van der Waals surface area contributed by atoms with Crippen LogP contribution in [0.5, 0.6) is 0 Å². The number of hydrogen-bond acceptors (Lipinski definition) is 1. The van der Waals surface area contributed by atoms with Gasteiger partial charge in [-0.05, 0) is 43.6 Å². The van der Waals surface area contributed by atoms with Gasteiger partial charge in [-0.15, -0.1) is 0 Å². The SMILES string of the molecule is Cc1c(CCCCS)c2ccccc2n1C. The van der Waals surface area contributed by atoms with E-state index in [1.807, 2.05) is 0 Å². The van der Waals surface area contributed by atoms with E-state index in [0.717, 1.165) is 5.75 Å². The second kappa shape index (κ2) is 4.96. The number of aromatic nitrogens is 1. The van der Waals surface area contributed by atoms with E-state index in [4.69, 9.17) is 0 Å². The van der Waals surface area contributed by atoms with Crippen LogP contribution in [-0.2, 0) is 13.5 Å². The monoisotopic (exact) mass is 233 g/mol. The Labute approximate surface area is 103 Å². The highest BCUT2D eigenvalue weighted by Crippen LogP contribution is 2.26. The van der Waals surface area contributed by atoms with E-state index >= 15 is 0 Å². The molecule has 0 aliphatic heterocycles. The summed E-state index contributed by atoms with van der Waals surface area (Å²) in [6.45, 7) is 2.22. The van der Waals surface area contributed by atoms with E-state index in [1.54, 1.807) is 0 Å². The molecule has 0 aliphatic rings. The van der Waals surface area contributed by atoms with Crippen LogP contribution in [0.15, 0.2) is 24.3 Å². The zero-order valence-electron chi connectivity index (χ0n) is 10.0. The van der Waals surface area contributed by atoms with Crippen LogP contribution in [0.3, 0.4) is 0 Å². The fraction of sp³-hybridized carbons (Fsp3) is 0.429. The molecule has 2 aromatic rings. The Balaban J connectivity index is 2.39. The number of fused-ring (bicyclic) bond motifs is 1. The molecule has 0 amide bonds. The van der Waals surface area contributed by atoms with E-state index in [0.29, 0.717) is 0 Å². The Kier molecular flexibility index (Phi) is 3.59. The number of rotatable bonds is 4. The molecule has 0 fully saturated rings. The maximum Gasteiger partial charge on any atom is 0.0482 e. The van der Waals surface area contributed by atoms with Gasteiger partial charge in [-0.25, -0.2) is 0 Å². The van der Waals surface area contributed by atoms with Crippen molar-refractivity contribution in [3.8, 4) is 0 Å². The molecule has 1 heterocycles. The third-order valence-corrected chi connectivity index (χ3v) is 3.68. The van der Waals surface area contributed by atoms with E-state index in [2.05, 4.69) is 55.4 Å². The maximum atomic E-state index is 4.27. The molecule has 1 aromatic heterocycles. The number of para-hydroxylation sites is 1. The predicted molar refractivity (Wildman–Crippen MR) is 74.4 cm³/mol. The average molecular weight is 233 g/mol. The van der Waals surface area contributed by atoms with Crippen molar-refractivity contribution in [3.05, 3.63) is 35.5 Å². The first-order valence-electron chi connectivity index (χ1n) is 5.89. The van der Waals surface area contributed by atoms with Crippen LogP contribution in [0, 0.1) is 6.92 Å². The first-order valence-corrected chi connectivity index (χ1v) is 6.52. The second-order valence-electron chi connectivity index (χ2n) is 4.32. The fourth-order valence-electron chi connectivity index (χ4n) is 2.33. The van der Waals surface area contributed by atoms with E-state index in [1.165, 1.54) is 41.4 Å². The topological polar surface area (TPSA) is 4.93 Å². The molecule has 86 valence electrons. The Morgan fingerprint density at radius 3 is 2.69 bits per heavy atom. The van der Waals surface area contributed by atoms with Gasteiger partial charge >= 0.3 is 0 Å². The van der Waals surface area contributed by atoms with Crippen molar-refractivity contribution in [3.63, 3.8) is 0 Å². The molecule has 0 atom stereocenters. The zero-order valence-corrected chi connectivity index (χ0v) is 10.9. The Bertz CT molecular complexity index is 485. The maximum absolute atomic E-state index is 4.27. The summed E-state index contributed by atoms with van der Waals surface area (Å²) in [7, 11) is 2.15. The quantitative estimate of drug-likeness (QED) is 0.606. The van der Waals surface area contributed by atoms with Crippen LogP contribution in [0.25, 0.3) is 10.9 Å². The van der Waals surface area contributed by atoms with Crippen molar-refractivity contribution in [1.82, 2.24) is 4.57 Å². The molecule has 1 aromatic carbocycles. The van der Waals surface area contributed by atoms with E-state index in [9.17, 15) is 0 Å². The molecule has 16 heavy (non-hydrogen) atoms. The predicted octanol–water partition coefficient (Wildman–Crippen LogP) is 3.74. The van der Waals surface area contributed by atoms with Crippen LogP contribution in [-0.4, -0.2) is 10.3 Å². The van der Waals surface area contributed by atoms with Crippen molar-refractivity contribution >= 4 is 23.5 Å². The lowest BCUT2D eigenvalue weighted by atomic mass is 10.1. The van der Waals surface area contributed by atoms with E-state index < -0.39 is 0 Å². The van der Waals surface area contributed by atoms with Gasteiger partial charge in [0.05, 0.1) is 0 Å². The summed E-state index contributed by atoms with van der Waals surface area (Å²) in [5.41, 5.74) is 4.26. The van der Waals surface area contributed by atoms with Gasteiger partial charge in [0, 0.05) is 23.6 Å². The fourth-order valence-corrected chi connectivity index (χ4v) is 2.55. The van der Waals surface area contributed by atoms with Gasteiger partial charge in [-0.1, -0.05) is 18.2 Å². The van der Waals surface area contributed by atoms with Crippen LogP contribution in [0.4, 0.5) is 0 Å². The van der Waals surface area contributed by atoms with Gasteiger partial charge in [-0.2, -0.15) is 12.6 Å². The molecular weight excluding hydrogens is 214 g/mol. The van der Waals surface area contributed by atoms with Crippen molar-refractivity contribution in [2.24, 2.45) is 7.05 Å². The molecule has 0 spiro atoms. The molecule has 1 nitrogen and oxygen atoms in total. The van der Waals surface area contributed by atoms with Crippen molar-refractivity contribution in [1.29, 1.82) is 0 Å². The largest absolute Gasteiger partial charge is 0.348 e. The molecule has 0 aliphatic carbocycles. The minimum atomic E-state index is 0.990. The average Bonchev–Trinajstić information content (AvgIpc) is 2.55. The molecule has 0 saturated carbocycles. The van der Waals surface area contributed by atoms with Gasteiger partial charge in [0.15, 0.2) is 0 Å². The van der Waals surface area contributed by atoms with Gasteiger partial charge in [0.2, 0.25) is 0 Å². The molecule has 2 rings (SSSR count). The van der Waals surface area contributed by atoms with E-state index in [-0.39, 0.29) is 0 Å². The number of nitrogens with zero attached hydrogens (tertiary/aromatic N) is 1. The van der Waals surface area contributed by atoms with Gasteiger partial charge < -0.3 is 4.57 Å². The summed E-state index contributed by atoms with van der Waals surface area (Å²) in [6.07, 6.45) is 3.61. The van der Waals surface area contributed by atoms with Crippen LogP contribution >= 0.6 is 12.6 Å². The normalized spacial score (nSPS) is 11.2. The van der Waals surface area contributed by atoms with Crippen molar-refractivity contribution in [2.75, 3.05) is 5.75 Å². The van der Waals surface area contributed by atoms with Crippen molar-refractivity contribution in [2.45, 2.75) is 26.2 Å². The Morgan fingerprint density at radius 2 is 1.94 bits per heavy atom. The molecule has 2 heteroatoms. The highest BCUT2D eigenvalue weighted by molar-refractivity contribution is 7.80. The number of thiol groups is 1. The second-order valence-corrected chi connectivity index (χ2v) is 4.77. The van der Waals surface area contributed by atoms with Gasteiger partial charge in [0.25, 0.3) is 0 Å². The summed E-state index contributed by atoms with van der Waals surface area (Å²) in [5.74, 6) is 0.990. The first kappa shape index (κ1) is 11.6. The smallest absolute Gasteiger partial charge is 0.0482 e. The lowest BCUT2D eigenvalue weighted by molar-refractivity contribution is 0.792. The molecule has 0 N–H and O–H groups in total. The lowest BCUT2D eigenvalue weighted by Gasteiger charge is -2.01. The summed E-state index contributed by atoms with van der Waals surface area (Å²) in [6, 6.07) is 8.67. The number of benzene rings is 1. The third kappa shape index (κ3) is 1.99. The highest BCUT2D eigenvalue weighted by Gasteiger charge is 2.10. The number of hydrogen-bond donors (Lipinski definition) is 1. The summed E-state index contributed by atoms with van der Waals surface area (Å²) in [5, 5.41) is 1.42. The molecule has 0 saturated heterocycles. The number of unbranched alkanes of at least 4 members (excludes halogenated alkanes) is 1. The first-order chi connectivity index (χ1) is 7.75. The lowest BCUT2D eigenvalue weighted by Crippen LogP contribution is -1.93. The number of aryl methyl sites for hydroxylation is 2. The Morgan fingerprint density at radius 1 is 1.19 bits per heavy atom. The zero-order chi connectivity index (χ0) is 11.5. The summed E-state index contributed by atoms with van der Waals surface area (Å²) in [4.78, 5) is 0. The van der Waals surface area contributed by atoms with Gasteiger partial charge in [-0.3, -0.25) is 0 Å². The van der Waals surface area contributed by atoms with Gasteiger partial charge in [0.1, 0.15) is 0 Å². The Hall–Kier alpha value is -0.890. The minimum absolute atomic E-state index is 0.990. The molecule has 0 radical (unpaired) electrons. The highest BCUT2D eigenvalue weighted by atomic mass is 32.1. The van der Waals surface area contributed by atoms with Crippen LogP contribution in [0.2, 0.25) is 0 Å². The van der Waals surface area contributed by atoms with Crippen molar-refractivity contribution < 1.29 is 0 Å². The molecule has 0 bridgehead atoms. The molecule has 0 unspecified atom stereocenters. The molecular formula is C14H19NS. The van der Waals surface area contributed by atoms with Crippen LogP contribution in [0.1, 0.15) is 24.1 Å². The van der Waals surface area contributed by atoms with Crippen LogP contribution < -0.4 is 0 Å².